The summed E-state index contributed by atoms with van der Waals surface area (Å²) < 4.78 is 0. The van der Waals surface area contributed by atoms with Crippen LogP contribution >= 0.6 is 0 Å². The molecule has 1 heterocycles. The van der Waals surface area contributed by atoms with E-state index in [1.807, 2.05) is 7.05 Å². The zero-order valence-electron chi connectivity index (χ0n) is 8.53. The van der Waals surface area contributed by atoms with Crippen LogP contribution in [0.2, 0.25) is 0 Å². The Kier molecular flexibility index (Phi) is 2.73. The Labute approximate surface area is 85.2 Å². The predicted molar refractivity (Wildman–Crippen MR) is 62.0 cm³/mol. The van der Waals surface area contributed by atoms with Gasteiger partial charge in [0.2, 0.25) is 0 Å². The fourth-order valence-electron chi connectivity index (χ4n) is 1.71. The van der Waals surface area contributed by atoms with Crippen molar-refractivity contribution in [2.75, 3.05) is 30.4 Å². The summed E-state index contributed by atoms with van der Waals surface area (Å²) >= 11 is 0. The van der Waals surface area contributed by atoms with Crippen LogP contribution in [0.4, 0.5) is 11.4 Å². The van der Waals surface area contributed by atoms with Gasteiger partial charge in [-0.15, -0.1) is 0 Å². The Hall–Kier alpha value is -1.44. The number of rotatable bonds is 2. The third-order valence-corrected chi connectivity index (χ3v) is 2.58. The molecule has 0 amide bonds. The minimum atomic E-state index is 1.04. The maximum absolute atomic E-state index is 3.12. The molecule has 1 aromatic carbocycles. The molecule has 0 bridgehead atoms. The molecule has 14 heavy (non-hydrogen) atoms. The molecule has 2 nitrogen and oxygen atoms in total. The first-order valence-electron chi connectivity index (χ1n) is 5.08. The topological polar surface area (TPSA) is 15.3 Å². The third kappa shape index (κ3) is 1.90. The van der Waals surface area contributed by atoms with Gasteiger partial charge in [0, 0.05) is 31.5 Å². The van der Waals surface area contributed by atoms with E-state index in [0.29, 0.717) is 0 Å². The van der Waals surface area contributed by atoms with Crippen LogP contribution in [0, 0.1) is 0 Å². The van der Waals surface area contributed by atoms with Gasteiger partial charge in [-0.2, -0.15) is 0 Å². The molecule has 1 aliphatic heterocycles. The Balaban J connectivity index is 2.12. The molecule has 2 rings (SSSR count). The molecule has 2 heteroatoms. The second-order valence-corrected chi connectivity index (χ2v) is 3.50. The number of nitrogens with one attached hydrogen (secondary N) is 1. The van der Waals surface area contributed by atoms with E-state index in [9.17, 15) is 0 Å². The fraction of sp³-hybridized carbons (Fsp3) is 0.333. The molecule has 1 aliphatic rings. The Morgan fingerprint density at radius 1 is 1.14 bits per heavy atom. The molecule has 0 aromatic heterocycles. The van der Waals surface area contributed by atoms with Crippen LogP contribution < -0.4 is 10.2 Å². The maximum atomic E-state index is 3.12. The fourth-order valence-corrected chi connectivity index (χ4v) is 1.71. The van der Waals surface area contributed by atoms with Crippen molar-refractivity contribution in [1.82, 2.24) is 0 Å². The molecular formula is C12H16N2. The molecule has 0 unspecified atom stereocenters. The number of nitrogens with zero attached hydrogens (tertiary/aromatic N) is 1. The van der Waals surface area contributed by atoms with Crippen LogP contribution in [0.1, 0.15) is 6.42 Å². The van der Waals surface area contributed by atoms with Crippen molar-refractivity contribution in [2.45, 2.75) is 6.42 Å². The van der Waals surface area contributed by atoms with Gasteiger partial charge in [-0.25, -0.2) is 0 Å². The van der Waals surface area contributed by atoms with Gasteiger partial charge in [-0.3, -0.25) is 0 Å². The zero-order valence-corrected chi connectivity index (χ0v) is 8.53. The summed E-state index contributed by atoms with van der Waals surface area (Å²) in [5.41, 5.74) is 2.48. The van der Waals surface area contributed by atoms with Crippen molar-refractivity contribution in [1.29, 1.82) is 0 Å². The van der Waals surface area contributed by atoms with Crippen molar-refractivity contribution < 1.29 is 0 Å². The minimum absolute atomic E-state index is 1.04. The van der Waals surface area contributed by atoms with Gasteiger partial charge >= 0.3 is 0 Å². The van der Waals surface area contributed by atoms with E-state index in [0.717, 1.165) is 19.5 Å². The Morgan fingerprint density at radius 3 is 2.50 bits per heavy atom. The van der Waals surface area contributed by atoms with Gasteiger partial charge in [-0.1, -0.05) is 12.2 Å². The van der Waals surface area contributed by atoms with Crippen molar-refractivity contribution >= 4 is 11.4 Å². The minimum Gasteiger partial charge on any atom is -0.388 e. The van der Waals surface area contributed by atoms with Crippen LogP contribution in [0.25, 0.3) is 0 Å². The Morgan fingerprint density at radius 2 is 1.93 bits per heavy atom. The summed E-state index contributed by atoms with van der Waals surface area (Å²) in [5, 5.41) is 3.12. The number of anilines is 2. The molecule has 0 saturated heterocycles. The molecular weight excluding hydrogens is 172 g/mol. The molecule has 0 spiro atoms. The van der Waals surface area contributed by atoms with E-state index >= 15 is 0 Å². The standard InChI is InChI=1S/C12H16N2/c1-13-11-5-7-12(8-6-11)14-9-3-2-4-10-14/h2-3,5-8,13H,4,9-10H2,1H3. The van der Waals surface area contributed by atoms with Gasteiger partial charge < -0.3 is 10.2 Å². The average molecular weight is 188 g/mol. The number of benzene rings is 1. The summed E-state index contributed by atoms with van der Waals surface area (Å²) in [6.07, 6.45) is 5.64. The van der Waals surface area contributed by atoms with Crippen LogP contribution in [0.3, 0.4) is 0 Å². The van der Waals surface area contributed by atoms with E-state index in [4.69, 9.17) is 0 Å². The lowest BCUT2D eigenvalue weighted by Gasteiger charge is -2.25. The summed E-state index contributed by atoms with van der Waals surface area (Å²) in [5.74, 6) is 0. The van der Waals surface area contributed by atoms with Crippen LogP contribution in [-0.2, 0) is 0 Å². The Bertz CT molecular complexity index is 314. The largest absolute Gasteiger partial charge is 0.388 e. The van der Waals surface area contributed by atoms with Crippen molar-refractivity contribution in [3.63, 3.8) is 0 Å². The number of hydrogen-bond acceptors (Lipinski definition) is 2. The normalized spacial score (nSPS) is 15.6. The summed E-state index contributed by atoms with van der Waals surface area (Å²) in [7, 11) is 1.94. The number of hydrogen-bond donors (Lipinski definition) is 1. The van der Waals surface area contributed by atoms with Crippen molar-refractivity contribution in [3.8, 4) is 0 Å². The van der Waals surface area contributed by atoms with E-state index in [2.05, 4.69) is 46.6 Å². The second-order valence-electron chi connectivity index (χ2n) is 3.50. The molecule has 74 valence electrons. The van der Waals surface area contributed by atoms with Gasteiger partial charge in [0.1, 0.15) is 0 Å². The smallest absolute Gasteiger partial charge is 0.0370 e. The van der Waals surface area contributed by atoms with Crippen LogP contribution in [0.15, 0.2) is 36.4 Å². The monoisotopic (exact) mass is 188 g/mol. The molecule has 0 atom stereocenters. The lowest BCUT2D eigenvalue weighted by molar-refractivity contribution is 0.821. The summed E-state index contributed by atoms with van der Waals surface area (Å²) in [6, 6.07) is 8.58. The molecule has 0 radical (unpaired) electrons. The quantitative estimate of drug-likeness (QED) is 0.717. The third-order valence-electron chi connectivity index (χ3n) is 2.58. The van der Waals surface area contributed by atoms with Crippen LogP contribution in [-0.4, -0.2) is 20.1 Å². The van der Waals surface area contributed by atoms with E-state index in [-0.39, 0.29) is 0 Å². The van der Waals surface area contributed by atoms with Crippen molar-refractivity contribution in [3.05, 3.63) is 36.4 Å². The molecule has 1 N–H and O–H groups in total. The highest BCUT2D eigenvalue weighted by Gasteiger charge is 2.06. The van der Waals surface area contributed by atoms with E-state index < -0.39 is 0 Å². The average Bonchev–Trinajstić information content (AvgIpc) is 2.30. The molecule has 0 saturated carbocycles. The van der Waals surface area contributed by atoms with E-state index in [1.54, 1.807) is 0 Å². The van der Waals surface area contributed by atoms with Gasteiger partial charge in [-0.05, 0) is 30.7 Å². The summed E-state index contributed by atoms with van der Waals surface area (Å²) in [6.45, 7) is 2.17. The van der Waals surface area contributed by atoms with Gasteiger partial charge in [0.25, 0.3) is 0 Å². The molecule has 0 fully saturated rings. The van der Waals surface area contributed by atoms with Crippen molar-refractivity contribution in [2.24, 2.45) is 0 Å². The maximum Gasteiger partial charge on any atom is 0.0370 e. The SMILES string of the molecule is CNc1ccc(N2CC=CCC2)cc1. The second kappa shape index (κ2) is 4.18. The van der Waals surface area contributed by atoms with E-state index in [1.165, 1.54) is 11.4 Å². The first-order chi connectivity index (χ1) is 6.90. The van der Waals surface area contributed by atoms with Crippen LogP contribution in [0.5, 0.6) is 0 Å². The first kappa shape index (κ1) is 9.13. The van der Waals surface area contributed by atoms with Gasteiger partial charge in [0.15, 0.2) is 0 Å². The highest BCUT2D eigenvalue weighted by molar-refractivity contribution is 5.55. The van der Waals surface area contributed by atoms with Gasteiger partial charge in [0.05, 0.1) is 0 Å². The zero-order chi connectivity index (χ0) is 9.80. The lowest BCUT2D eigenvalue weighted by Crippen LogP contribution is -2.26. The molecule has 0 aliphatic carbocycles. The first-order valence-corrected chi connectivity index (χ1v) is 5.08. The lowest BCUT2D eigenvalue weighted by atomic mass is 10.2. The summed E-state index contributed by atoms with van der Waals surface area (Å²) in [4.78, 5) is 2.39. The highest BCUT2D eigenvalue weighted by Crippen LogP contribution is 2.19. The predicted octanol–water partition coefficient (Wildman–Crippen LogP) is 2.49. The molecule has 1 aromatic rings. The highest BCUT2D eigenvalue weighted by atomic mass is 15.1.